The maximum absolute atomic E-state index is 13.4. The second-order valence-corrected chi connectivity index (χ2v) is 18.3. The third-order valence-electron chi connectivity index (χ3n) is 15.6. The molecule has 6 rings (SSSR count). The van der Waals surface area contributed by atoms with E-state index < -0.39 is 86.0 Å². The molecule has 0 amide bonds. The van der Waals surface area contributed by atoms with Crippen molar-refractivity contribution in [2.24, 2.45) is 52.3 Å². The van der Waals surface area contributed by atoms with Gasteiger partial charge in [-0.15, -0.1) is 0 Å². The summed E-state index contributed by atoms with van der Waals surface area (Å²) in [4.78, 5) is 13.4. The van der Waals surface area contributed by atoms with Gasteiger partial charge in [-0.1, -0.05) is 39.3 Å². The zero-order valence-electron chi connectivity index (χ0n) is 32.8. The largest absolute Gasteiger partial charge is 0.481 e. The molecule has 8 N–H and O–H groups in total. The van der Waals surface area contributed by atoms with Gasteiger partial charge in [0.1, 0.15) is 48.8 Å². The molecule has 2 saturated heterocycles. The van der Waals surface area contributed by atoms with Crippen molar-refractivity contribution in [3.8, 4) is 0 Å². The van der Waals surface area contributed by atoms with Crippen LogP contribution >= 0.6 is 0 Å². The van der Waals surface area contributed by atoms with Crippen LogP contribution in [0.2, 0.25) is 0 Å². The molecule has 0 aromatic carbocycles. The number of aliphatic carboxylic acids is 1. The molecule has 0 bridgehead atoms. The Morgan fingerprint density at radius 1 is 0.796 bits per heavy atom. The molecular formula is C41H68O13. The minimum atomic E-state index is -1.74. The maximum Gasteiger partial charge on any atom is 0.310 e. The van der Waals surface area contributed by atoms with Gasteiger partial charge in [0, 0.05) is 0 Å². The van der Waals surface area contributed by atoms with Crippen LogP contribution in [0.1, 0.15) is 105 Å². The van der Waals surface area contributed by atoms with Crippen molar-refractivity contribution < 1.29 is 64.6 Å². The molecule has 310 valence electrons. The van der Waals surface area contributed by atoms with E-state index in [0.717, 1.165) is 57.8 Å². The molecule has 6 aliphatic rings. The third-order valence-corrected chi connectivity index (χ3v) is 15.6. The minimum absolute atomic E-state index is 0.0121. The van der Waals surface area contributed by atoms with Gasteiger partial charge in [-0.3, -0.25) is 4.79 Å². The SMILES string of the molecule is C/C=C(\CC[C@@H](C)[C@H]1CC[C@H]2[C@@H]3CC[C@H]4C[C@@H](O[C@@H]5O[C@H](CO)[C@H](O)[C@H](O)[C@H]5O[C@@H]5O[C@H](CO)[C@@H](O)[C@H](O)[C@H]5O)CC[C@]4(C)[C@H]3CC[C@]12C(=O)O)C(C)C. The third kappa shape index (κ3) is 7.47. The van der Waals surface area contributed by atoms with Crippen LogP contribution in [0, 0.1) is 52.3 Å². The molecule has 0 aromatic rings. The van der Waals surface area contributed by atoms with Crippen molar-refractivity contribution in [2.75, 3.05) is 13.2 Å². The number of ether oxygens (including phenoxy) is 4. The Balaban J connectivity index is 1.14. The first-order chi connectivity index (χ1) is 25.6. The quantitative estimate of drug-likeness (QED) is 0.106. The molecule has 0 spiro atoms. The van der Waals surface area contributed by atoms with Crippen molar-refractivity contribution in [2.45, 2.75) is 173 Å². The highest BCUT2D eigenvalue weighted by Gasteiger charge is 2.65. The summed E-state index contributed by atoms with van der Waals surface area (Å²) in [7, 11) is 0. The van der Waals surface area contributed by atoms with Gasteiger partial charge < -0.3 is 59.8 Å². The topological polar surface area (TPSA) is 216 Å². The Labute approximate surface area is 320 Å². The van der Waals surface area contributed by atoms with Gasteiger partial charge in [0.2, 0.25) is 0 Å². The number of fused-ring (bicyclic) bond motifs is 5. The summed E-state index contributed by atoms with van der Waals surface area (Å²) in [5.41, 5.74) is 0.795. The van der Waals surface area contributed by atoms with Crippen LogP contribution in [-0.4, -0.2) is 128 Å². The summed E-state index contributed by atoms with van der Waals surface area (Å²) in [5, 5.41) is 83.7. The maximum atomic E-state index is 13.4. The number of hydrogen-bond donors (Lipinski definition) is 8. The summed E-state index contributed by atoms with van der Waals surface area (Å²) >= 11 is 0. The molecule has 19 atom stereocenters. The van der Waals surface area contributed by atoms with Crippen LogP contribution in [0.25, 0.3) is 0 Å². The van der Waals surface area contributed by atoms with Crippen LogP contribution < -0.4 is 0 Å². The Morgan fingerprint density at radius 3 is 2.09 bits per heavy atom. The monoisotopic (exact) mass is 768 g/mol. The van der Waals surface area contributed by atoms with E-state index in [2.05, 4.69) is 40.7 Å². The lowest BCUT2D eigenvalue weighted by molar-refractivity contribution is -0.373. The molecule has 2 heterocycles. The molecule has 4 aliphatic carbocycles. The van der Waals surface area contributed by atoms with Gasteiger partial charge >= 0.3 is 5.97 Å². The predicted octanol–water partition coefficient (Wildman–Crippen LogP) is 2.74. The smallest absolute Gasteiger partial charge is 0.310 e. The molecule has 2 aliphatic heterocycles. The van der Waals surface area contributed by atoms with Crippen LogP contribution in [0.4, 0.5) is 0 Å². The number of aliphatic hydroxyl groups is 7. The van der Waals surface area contributed by atoms with E-state index in [4.69, 9.17) is 18.9 Å². The number of carboxylic acids is 1. The fraction of sp³-hybridized carbons (Fsp3) is 0.927. The Bertz CT molecular complexity index is 1310. The van der Waals surface area contributed by atoms with Crippen LogP contribution in [-0.2, 0) is 23.7 Å². The average Bonchev–Trinajstić information content (AvgIpc) is 3.56. The average molecular weight is 769 g/mol. The highest BCUT2D eigenvalue weighted by Crippen LogP contribution is 2.69. The standard InChI is InChI=1S/C41H68O13/c1-6-22(20(2)3)8-7-21(4)26-11-12-28-25-10-9-23-17-24(13-15-40(23,5)27(25)14-16-41(26,28)39(49)50)51-38-36(34(47)32(45)30(19-43)53-38)54-37-35(48)33(46)31(44)29(18-42)52-37/h6,20-21,23-38,42-48H,7-19H2,1-5H3,(H,49,50)/b22-6+/t21-,23+,24+,25-,26-,27+,28+,29-,30-,31-,32+,33+,34+,35-,36-,37+,38-,40+,41+/m1/s1. The summed E-state index contributed by atoms with van der Waals surface area (Å²) in [6.45, 7) is 9.99. The number of rotatable bonds is 12. The van der Waals surface area contributed by atoms with E-state index in [1.807, 2.05) is 0 Å². The number of hydrogen-bond acceptors (Lipinski definition) is 12. The lowest BCUT2D eigenvalue weighted by Crippen LogP contribution is -2.65. The highest BCUT2D eigenvalue weighted by molar-refractivity contribution is 5.76. The highest BCUT2D eigenvalue weighted by atomic mass is 16.8. The van der Waals surface area contributed by atoms with E-state index in [9.17, 15) is 45.6 Å². The first-order valence-corrected chi connectivity index (χ1v) is 20.7. The summed E-state index contributed by atoms with van der Waals surface area (Å²) in [6, 6.07) is 0. The Morgan fingerprint density at radius 2 is 1.46 bits per heavy atom. The molecule has 0 radical (unpaired) electrons. The zero-order valence-corrected chi connectivity index (χ0v) is 32.8. The lowest BCUT2D eigenvalue weighted by Gasteiger charge is -2.61. The first kappa shape index (κ1) is 42.4. The zero-order chi connectivity index (χ0) is 39.3. The van der Waals surface area contributed by atoms with Gasteiger partial charge in [0.25, 0.3) is 0 Å². The van der Waals surface area contributed by atoms with Crippen LogP contribution in [0.3, 0.4) is 0 Å². The van der Waals surface area contributed by atoms with E-state index in [1.165, 1.54) is 5.57 Å². The van der Waals surface area contributed by atoms with Gasteiger partial charge in [-0.25, -0.2) is 0 Å². The number of carboxylic acid groups (broad SMARTS) is 1. The number of carbonyl (C=O) groups is 1. The van der Waals surface area contributed by atoms with E-state index in [-0.39, 0.29) is 23.4 Å². The molecule has 13 nitrogen and oxygen atoms in total. The van der Waals surface area contributed by atoms with Crippen molar-refractivity contribution >= 4 is 5.97 Å². The van der Waals surface area contributed by atoms with E-state index in [0.29, 0.717) is 42.4 Å². The normalized spacial score (nSPS) is 48.9. The van der Waals surface area contributed by atoms with E-state index >= 15 is 0 Å². The molecule has 54 heavy (non-hydrogen) atoms. The Hall–Kier alpha value is -1.23. The summed E-state index contributed by atoms with van der Waals surface area (Å²) < 4.78 is 23.9. The van der Waals surface area contributed by atoms with Crippen LogP contribution in [0.5, 0.6) is 0 Å². The number of aliphatic hydroxyl groups excluding tert-OH is 7. The van der Waals surface area contributed by atoms with Gasteiger partial charge in [-0.05, 0) is 124 Å². The van der Waals surface area contributed by atoms with Crippen molar-refractivity contribution in [1.82, 2.24) is 0 Å². The summed E-state index contributed by atoms with van der Waals surface area (Å²) in [6.07, 6.45) is -3.13. The van der Waals surface area contributed by atoms with E-state index in [1.54, 1.807) is 0 Å². The van der Waals surface area contributed by atoms with Gasteiger partial charge in [0.05, 0.1) is 24.7 Å². The van der Waals surface area contributed by atoms with Crippen molar-refractivity contribution in [1.29, 1.82) is 0 Å². The summed E-state index contributed by atoms with van der Waals surface area (Å²) in [5.74, 6) is 1.72. The second-order valence-electron chi connectivity index (χ2n) is 18.3. The number of allylic oxidation sites excluding steroid dienone is 2. The molecule has 0 aromatic heterocycles. The predicted molar refractivity (Wildman–Crippen MR) is 195 cm³/mol. The molecule has 0 unspecified atom stereocenters. The molecular weight excluding hydrogens is 700 g/mol. The van der Waals surface area contributed by atoms with Gasteiger partial charge in [-0.2, -0.15) is 0 Å². The van der Waals surface area contributed by atoms with Crippen molar-refractivity contribution in [3.63, 3.8) is 0 Å². The molecule has 4 saturated carbocycles. The van der Waals surface area contributed by atoms with Crippen LogP contribution in [0.15, 0.2) is 11.6 Å². The van der Waals surface area contributed by atoms with Gasteiger partial charge in [0.15, 0.2) is 12.6 Å². The van der Waals surface area contributed by atoms with Crippen molar-refractivity contribution in [3.05, 3.63) is 11.6 Å². The fourth-order valence-corrected chi connectivity index (χ4v) is 12.5. The minimum Gasteiger partial charge on any atom is -0.481 e. The first-order valence-electron chi connectivity index (χ1n) is 20.7. The lowest BCUT2D eigenvalue weighted by atomic mass is 9.44. The fourth-order valence-electron chi connectivity index (χ4n) is 12.5. The second kappa shape index (κ2) is 16.9. The Kier molecular flexibility index (Phi) is 13.3. The molecule has 6 fully saturated rings. The molecule has 13 heteroatoms.